The van der Waals surface area contributed by atoms with Crippen molar-refractivity contribution < 1.29 is 26.4 Å². The second-order valence-electron chi connectivity index (χ2n) is 8.08. The molecule has 180 valence electrons. The fourth-order valence-electron chi connectivity index (χ4n) is 4.13. The smallest absolute Gasteiger partial charge is 0.372 e. The fraction of sp³-hybridized carbons (Fsp3) is 0.435. The third-order valence-electron chi connectivity index (χ3n) is 5.88. The van der Waals surface area contributed by atoms with Crippen LogP contribution in [0.1, 0.15) is 38.1 Å². The van der Waals surface area contributed by atoms with Crippen LogP contribution in [0.4, 0.5) is 18.9 Å². The molecule has 0 aromatic heterocycles. The molecule has 0 radical (unpaired) electrons. The highest BCUT2D eigenvalue weighted by molar-refractivity contribution is 7.89. The fourth-order valence-corrected chi connectivity index (χ4v) is 5.78. The molecule has 6 nitrogen and oxygen atoms in total. The van der Waals surface area contributed by atoms with Gasteiger partial charge in [0.2, 0.25) is 10.0 Å². The van der Waals surface area contributed by atoms with Crippen LogP contribution in [-0.2, 0) is 14.8 Å². The lowest BCUT2D eigenvalue weighted by molar-refractivity contribution is -0.189. The van der Waals surface area contributed by atoms with Gasteiger partial charge in [0.1, 0.15) is 6.17 Å². The summed E-state index contributed by atoms with van der Waals surface area (Å²) < 4.78 is 68.3. The molecule has 0 N–H and O–H groups in total. The Bertz CT molecular complexity index is 1080. The monoisotopic (exact) mass is 483 g/mol. The summed E-state index contributed by atoms with van der Waals surface area (Å²) in [5.74, 6) is -2.06. The number of benzene rings is 2. The zero-order valence-electron chi connectivity index (χ0n) is 19.0. The lowest BCUT2D eigenvalue weighted by atomic mass is 10.1. The first-order valence-corrected chi connectivity index (χ1v) is 12.2. The Balaban J connectivity index is 2.11. The molecule has 0 saturated carbocycles. The second kappa shape index (κ2) is 9.34. The van der Waals surface area contributed by atoms with Crippen molar-refractivity contribution >= 4 is 21.6 Å². The van der Waals surface area contributed by atoms with E-state index in [2.05, 4.69) is 4.90 Å². The number of amides is 1. The van der Waals surface area contributed by atoms with E-state index in [1.54, 1.807) is 43.3 Å². The Morgan fingerprint density at radius 1 is 1.03 bits per heavy atom. The van der Waals surface area contributed by atoms with Crippen molar-refractivity contribution in [2.24, 2.45) is 0 Å². The molecule has 0 aliphatic carbocycles. The highest BCUT2D eigenvalue weighted by atomic mass is 32.2. The Hall–Kier alpha value is -2.59. The molecule has 1 fully saturated rings. The molecule has 1 aliphatic rings. The number of alkyl halides is 3. The van der Waals surface area contributed by atoms with Gasteiger partial charge in [-0.3, -0.25) is 4.79 Å². The van der Waals surface area contributed by atoms with Crippen LogP contribution in [0.3, 0.4) is 0 Å². The van der Waals surface area contributed by atoms with Crippen molar-refractivity contribution in [1.82, 2.24) is 9.21 Å². The van der Waals surface area contributed by atoms with Gasteiger partial charge in [0.25, 0.3) is 0 Å². The molecule has 1 aliphatic heterocycles. The van der Waals surface area contributed by atoms with Gasteiger partial charge in [-0.25, -0.2) is 8.42 Å². The van der Waals surface area contributed by atoms with Gasteiger partial charge in [-0.15, -0.1) is 0 Å². The predicted octanol–water partition coefficient (Wildman–Crippen LogP) is 4.32. The average Bonchev–Trinajstić information content (AvgIpc) is 3.12. The lowest BCUT2D eigenvalue weighted by Gasteiger charge is -2.32. The second-order valence-corrected chi connectivity index (χ2v) is 9.98. The van der Waals surface area contributed by atoms with Crippen LogP contribution >= 0.6 is 0 Å². The minimum Gasteiger partial charge on any atom is -0.372 e. The number of anilines is 1. The molecule has 1 saturated heterocycles. The molecule has 1 heterocycles. The number of carbonyl (C=O) groups excluding carboxylic acids is 1. The van der Waals surface area contributed by atoms with E-state index in [0.29, 0.717) is 10.5 Å². The van der Waals surface area contributed by atoms with Gasteiger partial charge in [-0.05, 0) is 57.5 Å². The van der Waals surface area contributed by atoms with Crippen LogP contribution in [-0.4, -0.2) is 55.4 Å². The molecule has 3 rings (SSSR count). The van der Waals surface area contributed by atoms with E-state index in [-0.39, 0.29) is 11.4 Å². The molecule has 0 unspecified atom stereocenters. The van der Waals surface area contributed by atoms with Crippen LogP contribution in [0, 0.1) is 6.92 Å². The zero-order chi connectivity index (χ0) is 24.6. The van der Waals surface area contributed by atoms with Crippen molar-refractivity contribution in [3.63, 3.8) is 0 Å². The first-order valence-electron chi connectivity index (χ1n) is 10.7. The first-order chi connectivity index (χ1) is 15.4. The summed E-state index contributed by atoms with van der Waals surface area (Å²) in [5.41, 5.74) is 2.00. The maximum absolute atomic E-state index is 13.5. The number of hydrogen-bond donors (Lipinski definition) is 0. The van der Waals surface area contributed by atoms with Gasteiger partial charge < -0.3 is 9.80 Å². The van der Waals surface area contributed by atoms with Crippen molar-refractivity contribution in [2.75, 3.05) is 24.5 Å². The van der Waals surface area contributed by atoms with E-state index in [0.717, 1.165) is 28.6 Å². The number of nitrogens with zero attached hydrogens (tertiary/aromatic N) is 3. The number of carbonyl (C=O) groups is 1. The maximum Gasteiger partial charge on any atom is 0.471 e. The number of aryl methyl sites for hydroxylation is 1. The van der Waals surface area contributed by atoms with Crippen molar-refractivity contribution in [1.29, 1.82) is 0 Å². The Labute approximate surface area is 192 Å². The minimum atomic E-state index is -5.13. The predicted molar refractivity (Wildman–Crippen MR) is 120 cm³/mol. The number of hydrogen-bond acceptors (Lipinski definition) is 4. The summed E-state index contributed by atoms with van der Waals surface area (Å²) in [4.78, 5) is 15.0. The summed E-state index contributed by atoms with van der Waals surface area (Å²) in [7, 11) is -4.17. The molecule has 0 spiro atoms. The molecular formula is C23H28F3N3O3S. The van der Waals surface area contributed by atoms with E-state index in [1.165, 1.54) is 19.1 Å². The summed E-state index contributed by atoms with van der Waals surface area (Å²) in [6, 6.07) is 11.8. The molecule has 0 bridgehead atoms. The van der Waals surface area contributed by atoms with Gasteiger partial charge in [0.15, 0.2) is 0 Å². The van der Waals surface area contributed by atoms with Crippen molar-refractivity contribution in [3.05, 3.63) is 59.7 Å². The highest BCUT2D eigenvalue weighted by Gasteiger charge is 2.53. The van der Waals surface area contributed by atoms with Gasteiger partial charge in [-0.1, -0.05) is 29.8 Å². The zero-order valence-corrected chi connectivity index (χ0v) is 19.8. The van der Waals surface area contributed by atoms with E-state index in [1.807, 2.05) is 13.8 Å². The lowest BCUT2D eigenvalue weighted by Crippen LogP contribution is -2.45. The number of rotatable bonds is 6. The molecule has 2 atom stereocenters. The largest absolute Gasteiger partial charge is 0.471 e. The summed E-state index contributed by atoms with van der Waals surface area (Å²) in [5, 5.41) is 0. The van der Waals surface area contributed by atoms with Crippen LogP contribution in [0.5, 0.6) is 0 Å². The minimum absolute atomic E-state index is 0.0358. The maximum atomic E-state index is 13.5. The molecular weight excluding hydrogens is 455 g/mol. The normalized spacial score (nSPS) is 19.7. The van der Waals surface area contributed by atoms with Crippen molar-refractivity contribution in [3.8, 4) is 0 Å². The molecule has 1 amide bonds. The standard InChI is InChI=1S/C23H28F3N3O3S/c1-5-27(6-2)19-11-9-18(10-12-19)21-28(15-17(4)29(21)22(30)23(24,25)26)33(31,32)20-13-7-16(3)8-14-20/h7-14,17,21H,5-6,15H2,1-4H3/t17-,21-/m0/s1. The Morgan fingerprint density at radius 2 is 1.58 bits per heavy atom. The summed E-state index contributed by atoms with van der Waals surface area (Å²) in [6.45, 7) is 8.42. The van der Waals surface area contributed by atoms with E-state index < -0.39 is 34.3 Å². The van der Waals surface area contributed by atoms with Crippen molar-refractivity contribution in [2.45, 2.75) is 51.0 Å². The first kappa shape index (κ1) is 25.0. The molecule has 2 aromatic carbocycles. The van der Waals surface area contributed by atoms with E-state index in [9.17, 15) is 26.4 Å². The van der Waals surface area contributed by atoms with E-state index in [4.69, 9.17) is 0 Å². The van der Waals surface area contributed by atoms with Crippen LogP contribution < -0.4 is 4.90 Å². The molecule has 10 heteroatoms. The van der Waals surface area contributed by atoms with Gasteiger partial charge in [0.05, 0.1) is 4.90 Å². The van der Waals surface area contributed by atoms with Gasteiger partial charge >= 0.3 is 12.1 Å². The molecule has 2 aromatic rings. The van der Waals surface area contributed by atoms with Gasteiger partial charge in [0, 0.05) is 31.4 Å². The third kappa shape index (κ3) is 4.86. The summed E-state index contributed by atoms with van der Waals surface area (Å²) >= 11 is 0. The highest BCUT2D eigenvalue weighted by Crippen LogP contribution is 2.40. The quantitative estimate of drug-likeness (QED) is 0.614. The number of sulfonamides is 1. The molecule has 33 heavy (non-hydrogen) atoms. The van der Waals surface area contributed by atoms with Gasteiger partial charge in [-0.2, -0.15) is 17.5 Å². The van der Waals surface area contributed by atoms with Crippen LogP contribution in [0.2, 0.25) is 0 Å². The average molecular weight is 484 g/mol. The topological polar surface area (TPSA) is 60.9 Å². The SMILES string of the molecule is CCN(CC)c1ccc([C@@H]2N(C(=O)C(F)(F)F)[C@@H](C)CN2S(=O)(=O)c2ccc(C)cc2)cc1. The Morgan fingerprint density at radius 3 is 2.06 bits per heavy atom. The Kier molecular flexibility index (Phi) is 7.09. The van der Waals surface area contributed by atoms with E-state index >= 15 is 0 Å². The third-order valence-corrected chi connectivity index (χ3v) is 7.71. The number of halogens is 3. The van der Waals surface area contributed by atoms with Crippen LogP contribution in [0.25, 0.3) is 0 Å². The summed E-state index contributed by atoms with van der Waals surface area (Å²) in [6.07, 6.45) is -6.54. The van der Waals surface area contributed by atoms with Crippen LogP contribution in [0.15, 0.2) is 53.4 Å².